The minimum absolute atomic E-state index is 0.108. The van der Waals surface area contributed by atoms with Crippen molar-refractivity contribution in [2.24, 2.45) is 7.05 Å². The quantitative estimate of drug-likeness (QED) is 0.781. The lowest BCUT2D eigenvalue weighted by Crippen LogP contribution is -2.37. The number of rotatable bonds is 1. The molecule has 0 bridgehead atoms. The Morgan fingerprint density at radius 1 is 1.56 bits per heavy atom. The molecule has 1 aromatic rings. The largest absolute Gasteiger partial charge is 0.477 e. The lowest BCUT2D eigenvalue weighted by Gasteiger charge is -2.28. The van der Waals surface area contributed by atoms with Crippen LogP contribution in [0.25, 0.3) is 0 Å². The van der Waals surface area contributed by atoms with E-state index in [0.29, 0.717) is 5.82 Å². The van der Waals surface area contributed by atoms with E-state index in [2.05, 4.69) is 5.32 Å². The first kappa shape index (κ1) is 11.1. The number of fused-ring (bicyclic) bond motifs is 1. The molecule has 1 aliphatic rings. The summed E-state index contributed by atoms with van der Waals surface area (Å²) in [4.78, 5) is 23.5. The number of carbonyl (C=O) groups is 2. The molecule has 0 radical (unpaired) electrons. The van der Waals surface area contributed by atoms with Crippen LogP contribution in [0.4, 0.5) is 5.82 Å². The highest BCUT2D eigenvalue weighted by Crippen LogP contribution is 2.43. The third-order valence-electron chi connectivity index (χ3n) is 2.56. The van der Waals surface area contributed by atoms with Crippen molar-refractivity contribution in [3.05, 3.63) is 11.8 Å². The van der Waals surface area contributed by atoms with Crippen LogP contribution < -0.4 is 5.32 Å². The molecule has 2 N–H and O–H groups in total. The minimum Gasteiger partial charge on any atom is -0.477 e. The second-order valence-electron chi connectivity index (χ2n) is 4.17. The molecule has 86 valence electrons. The van der Waals surface area contributed by atoms with Gasteiger partial charge in [-0.1, -0.05) is 0 Å². The predicted molar refractivity (Wildman–Crippen MR) is 60.9 cm³/mol. The normalized spacial score (nSPS) is 17.8. The molecular formula is C10H12N2O3S. The third kappa shape index (κ3) is 1.49. The zero-order chi connectivity index (χ0) is 12.1. The van der Waals surface area contributed by atoms with Crippen LogP contribution >= 0.6 is 11.8 Å². The van der Waals surface area contributed by atoms with E-state index in [9.17, 15) is 9.59 Å². The summed E-state index contributed by atoms with van der Waals surface area (Å²) in [7, 11) is 1.63. The van der Waals surface area contributed by atoms with Gasteiger partial charge in [-0.15, -0.1) is 11.8 Å². The number of thioether (sulfide) groups is 1. The summed E-state index contributed by atoms with van der Waals surface area (Å²) < 4.78 is 0.919. The molecule has 0 aromatic carbocycles. The molecule has 2 heterocycles. The lowest BCUT2D eigenvalue weighted by molar-refractivity contribution is -0.117. The number of aromatic nitrogens is 1. The molecule has 16 heavy (non-hydrogen) atoms. The molecular weight excluding hydrogens is 228 g/mol. The van der Waals surface area contributed by atoms with E-state index in [4.69, 9.17) is 5.11 Å². The Morgan fingerprint density at radius 2 is 2.19 bits per heavy atom. The van der Waals surface area contributed by atoms with Gasteiger partial charge in [-0.25, -0.2) is 4.79 Å². The highest BCUT2D eigenvalue weighted by molar-refractivity contribution is 8.01. The topological polar surface area (TPSA) is 71.3 Å². The summed E-state index contributed by atoms with van der Waals surface area (Å²) in [5, 5.41) is 11.7. The van der Waals surface area contributed by atoms with Gasteiger partial charge in [0.15, 0.2) is 0 Å². The van der Waals surface area contributed by atoms with Crippen LogP contribution in [-0.4, -0.2) is 26.3 Å². The fourth-order valence-corrected chi connectivity index (χ4v) is 2.73. The van der Waals surface area contributed by atoms with Crippen molar-refractivity contribution in [3.63, 3.8) is 0 Å². The Hall–Kier alpha value is -1.43. The Kier molecular flexibility index (Phi) is 2.27. The maximum atomic E-state index is 11.7. The highest BCUT2D eigenvalue weighted by atomic mass is 32.2. The molecule has 0 saturated heterocycles. The van der Waals surface area contributed by atoms with Crippen molar-refractivity contribution in [3.8, 4) is 0 Å². The average molecular weight is 240 g/mol. The molecule has 2 rings (SSSR count). The summed E-state index contributed by atoms with van der Waals surface area (Å²) in [6.45, 7) is 3.62. The number of carbonyl (C=O) groups excluding carboxylic acids is 1. The van der Waals surface area contributed by atoms with Gasteiger partial charge in [-0.3, -0.25) is 4.79 Å². The Bertz CT molecular complexity index is 490. The van der Waals surface area contributed by atoms with Crippen molar-refractivity contribution >= 4 is 29.5 Å². The number of hydrogen-bond acceptors (Lipinski definition) is 3. The van der Waals surface area contributed by atoms with Gasteiger partial charge in [0.2, 0.25) is 5.91 Å². The van der Waals surface area contributed by atoms with Gasteiger partial charge in [0.25, 0.3) is 0 Å². The van der Waals surface area contributed by atoms with Gasteiger partial charge in [0.1, 0.15) is 11.5 Å². The summed E-state index contributed by atoms with van der Waals surface area (Å²) in [6, 6.07) is 1.59. The van der Waals surface area contributed by atoms with Crippen LogP contribution in [0, 0.1) is 0 Å². The molecule has 0 saturated carbocycles. The van der Waals surface area contributed by atoms with Crippen LogP contribution in [0.3, 0.4) is 0 Å². The van der Waals surface area contributed by atoms with Crippen molar-refractivity contribution in [2.45, 2.75) is 23.5 Å². The van der Waals surface area contributed by atoms with E-state index in [1.165, 1.54) is 16.3 Å². The standard InChI is InChI=1S/C10H12N2O3S/c1-10(2)9(15)11-7-6(16-10)4-5(8(13)14)12(7)3/h4H,1-3H3,(H,11,15)(H,13,14). The van der Waals surface area contributed by atoms with Crippen molar-refractivity contribution < 1.29 is 14.7 Å². The van der Waals surface area contributed by atoms with Crippen molar-refractivity contribution in [2.75, 3.05) is 5.32 Å². The molecule has 1 aliphatic heterocycles. The maximum absolute atomic E-state index is 11.7. The Morgan fingerprint density at radius 3 is 2.75 bits per heavy atom. The van der Waals surface area contributed by atoms with Crippen LogP contribution in [0.2, 0.25) is 0 Å². The van der Waals surface area contributed by atoms with Gasteiger partial charge in [-0.2, -0.15) is 0 Å². The molecule has 1 amide bonds. The molecule has 1 aromatic heterocycles. The van der Waals surface area contributed by atoms with Crippen molar-refractivity contribution in [1.82, 2.24) is 4.57 Å². The number of nitrogens with one attached hydrogen (secondary N) is 1. The smallest absolute Gasteiger partial charge is 0.352 e. The zero-order valence-electron chi connectivity index (χ0n) is 9.20. The predicted octanol–water partition coefficient (Wildman–Crippen LogP) is 1.55. The average Bonchev–Trinajstić information content (AvgIpc) is 2.44. The van der Waals surface area contributed by atoms with Gasteiger partial charge >= 0.3 is 5.97 Å². The minimum atomic E-state index is -0.996. The zero-order valence-corrected chi connectivity index (χ0v) is 10.0. The lowest BCUT2D eigenvalue weighted by atomic mass is 10.2. The second kappa shape index (κ2) is 3.28. The van der Waals surface area contributed by atoms with Gasteiger partial charge in [0, 0.05) is 7.05 Å². The number of nitrogens with zero attached hydrogens (tertiary/aromatic N) is 1. The summed E-state index contributed by atoms with van der Waals surface area (Å²) in [5.74, 6) is -0.542. The maximum Gasteiger partial charge on any atom is 0.352 e. The molecule has 6 heteroatoms. The van der Waals surface area contributed by atoms with E-state index < -0.39 is 10.7 Å². The van der Waals surface area contributed by atoms with Crippen LogP contribution in [0.1, 0.15) is 24.3 Å². The summed E-state index contributed by atoms with van der Waals surface area (Å²) in [5.41, 5.74) is 0.176. The highest BCUT2D eigenvalue weighted by Gasteiger charge is 2.37. The molecule has 0 spiro atoms. The first-order chi connectivity index (χ1) is 7.33. The van der Waals surface area contributed by atoms with E-state index in [1.54, 1.807) is 13.1 Å². The molecule has 0 unspecified atom stereocenters. The van der Waals surface area contributed by atoms with Crippen LogP contribution in [0.5, 0.6) is 0 Å². The van der Waals surface area contributed by atoms with Crippen molar-refractivity contribution in [1.29, 1.82) is 0 Å². The number of carboxylic acid groups (broad SMARTS) is 1. The number of hydrogen-bond donors (Lipinski definition) is 2. The van der Waals surface area contributed by atoms with Gasteiger partial charge < -0.3 is 15.0 Å². The number of aromatic carboxylic acids is 1. The third-order valence-corrected chi connectivity index (χ3v) is 3.79. The van der Waals surface area contributed by atoms with E-state index in [0.717, 1.165) is 4.90 Å². The molecule has 0 aliphatic carbocycles. The monoisotopic (exact) mass is 240 g/mol. The fourth-order valence-electron chi connectivity index (χ4n) is 1.58. The van der Waals surface area contributed by atoms with E-state index in [1.807, 2.05) is 13.8 Å². The first-order valence-electron chi connectivity index (χ1n) is 4.76. The molecule has 5 nitrogen and oxygen atoms in total. The molecule has 0 fully saturated rings. The Balaban J connectivity index is 2.53. The Labute approximate surface area is 96.8 Å². The summed E-state index contributed by atoms with van der Waals surface area (Å²) >= 11 is 1.38. The van der Waals surface area contributed by atoms with Gasteiger partial charge in [0.05, 0.1) is 9.64 Å². The molecule has 0 atom stereocenters. The second-order valence-corrected chi connectivity index (χ2v) is 5.84. The number of carboxylic acids is 1. The van der Waals surface area contributed by atoms with E-state index >= 15 is 0 Å². The van der Waals surface area contributed by atoms with E-state index in [-0.39, 0.29) is 11.6 Å². The van der Waals surface area contributed by atoms with Gasteiger partial charge in [-0.05, 0) is 19.9 Å². The number of anilines is 1. The summed E-state index contributed by atoms with van der Waals surface area (Å²) in [6.07, 6.45) is 0. The fraction of sp³-hybridized carbons (Fsp3) is 0.400. The van der Waals surface area contributed by atoms with Crippen LogP contribution in [-0.2, 0) is 11.8 Å². The number of amides is 1. The van der Waals surface area contributed by atoms with Crippen LogP contribution in [0.15, 0.2) is 11.0 Å². The SMILES string of the molecule is Cn1c(C(=O)O)cc2c1NC(=O)C(C)(C)S2. The first-order valence-corrected chi connectivity index (χ1v) is 5.58.